The van der Waals surface area contributed by atoms with E-state index in [1.54, 1.807) is 6.07 Å². The summed E-state index contributed by atoms with van der Waals surface area (Å²) in [5.41, 5.74) is 0. The Hall–Kier alpha value is -0.870. The lowest BCUT2D eigenvalue weighted by Gasteiger charge is -2.15. The molecule has 2 fully saturated rings. The molecule has 3 nitrogen and oxygen atoms in total. The van der Waals surface area contributed by atoms with Crippen LogP contribution in [0.25, 0.3) is 0 Å². The molecule has 1 N–H and O–H groups in total. The van der Waals surface area contributed by atoms with Gasteiger partial charge in [0.1, 0.15) is 4.88 Å². The number of nitrogens with zero attached hydrogens (tertiary/aromatic N) is 1. The van der Waals surface area contributed by atoms with E-state index in [9.17, 15) is 4.79 Å². The normalized spacial score (nSPS) is 28.5. The lowest BCUT2D eigenvalue weighted by atomic mass is 10.0. The maximum absolute atomic E-state index is 10.8. The predicted molar refractivity (Wildman–Crippen MR) is 67.4 cm³/mol. The van der Waals surface area contributed by atoms with Crippen molar-refractivity contribution in [2.45, 2.75) is 25.8 Å². The van der Waals surface area contributed by atoms with Gasteiger partial charge in [-0.2, -0.15) is 0 Å². The Morgan fingerprint density at radius 3 is 2.65 bits per heavy atom. The summed E-state index contributed by atoms with van der Waals surface area (Å²) in [6, 6.07) is 3.68. The summed E-state index contributed by atoms with van der Waals surface area (Å²) in [5, 5.41) is 8.89. The molecule has 2 heterocycles. The summed E-state index contributed by atoms with van der Waals surface area (Å²) < 4.78 is 0. The van der Waals surface area contributed by atoms with E-state index in [1.165, 1.54) is 48.6 Å². The Labute approximate surface area is 105 Å². The predicted octanol–water partition coefficient (Wildman–Crippen LogP) is 2.68. The lowest BCUT2D eigenvalue weighted by Crippen LogP contribution is -2.20. The third kappa shape index (κ3) is 2.24. The van der Waals surface area contributed by atoms with Gasteiger partial charge < -0.3 is 5.11 Å². The molecule has 1 aliphatic heterocycles. The lowest BCUT2D eigenvalue weighted by molar-refractivity contribution is 0.0702. The number of hydrogen-bond donors (Lipinski definition) is 1. The highest BCUT2D eigenvalue weighted by atomic mass is 32.1. The summed E-state index contributed by atoms with van der Waals surface area (Å²) in [5.74, 6) is 1.02. The van der Waals surface area contributed by atoms with Crippen molar-refractivity contribution in [1.29, 1.82) is 0 Å². The second kappa shape index (κ2) is 4.42. The first kappa shape index (κ1) is 11.2. The second-order valence-electron chi connectivity index (χ2n) is 5.22. The zero-order chi connectivity index (χ0) is 11.8. The number of aromatic carboxylic acids is 1. The maximum Gasteiger partial charge on any atom is 0.345 e. The number of carboxylic acid groups (broad SMARTS) is 1. The number of fused-ring (bicyclic) bond motifs is 1. The number of rotatable bonds is 3. The van der Waals surface area contributed by atoms with Crippen molar-refractivity contribution >= 4 is 17.3 Å². The quantitative estimate of drug-likeness (QED) is 0.898. The van der Waals surface area contributed by atoms with Gasteiger partial charge in [-0.1, -0.05) is 6.42 Å². The first-order valence-electron chi connectivity index (χ1n) is 6.27. The van der Waals surface area contributed by atoms with Crippen LogP contribution in [0.1, 0.15) is 33.8 Å². The molecule has 2 unspecified atom stereocenters. The van der Waals surface area contributed by atoms with E-state index >= 15 is 0 Å². The average molecular weight is 251 g/mol. The van der Waals surface area contributed by atoms with Crippen LogP contribution in [0, 0.1) is 11.8 Å². The van der Waals surface area contributed by atoms with E-state index in [4.69, 9.17) is 5.11 Å². The molecular weight excluding hydrogens is 234 g/mol. The number of likely N-dealkylation sites (tertiary alicyclic amines) is 1. The molecule has 1 aliphatic carbocycles. The molecule has 1 saturated carbocycles. The summed E-state index contributed by atoms with van der Waals surface area (Å²) in [4.78, 5) is 14.9. The molecule has 4 heteroatoms. The fourth-order valence-corrected chi connectivity index (χ4v) is 4.15. The van der Waals surface area contributed by atoms with Gasteiger partial charge in [0, 0.05) is 24.5 Å². The minimum Gasteiger partial charge on any atom is -0.477 e. The molecule has 0 bridgehead atoms. The number of thiophene rings is 1. The molecule has 3 rings (SSSR count). The van der Waals surface area contributed by atoms with Crippen molar-refractivity contribution in [1.82, 2.24) is 4.90 Å². The number of carboxylic acids is 1. The van der Waals surface area contributed by atoms with Gasteiger partial charge in [0.25, 0.3) is 0 Å². The first-order valence-corrected chi connectivity index (χ1v) is 7.08. The fraction of sp³-hybridized carbons (Fsp3) is 0.615. The van der Waals surface area contributed by atoms with Crippen LogP contribution in [0.4, 0.5) is 0 Å². The molecule has 2 aliphatic rings. The van der Waals surface area contributed by atoms with Crippen LogP contribution in [-0.2, 0) is 6.54 Å². The molecule has 1 saturated heterocycles. The standard InChI is InChI=1S/C13H17NO2S/c15-13(16)12-5-4-11(17-12)8-14-6-9-2-1-3-10(9)7-14/h4-5,9-10H,1-3,6-8H2,(H,15,16). The van der Waals surface area contributed by atoms with Gasteiger partial charge >= 0.3 is 5.97 Å². The van der Waals surface area contributed by atoms with Crippen molar-refractivity contribution in [3.05, 3.63) is 21.9 Å². The molecule has 2 atom stereocenters. The third-order valence-corrected chi connectivity index (χ3v) is 5.11. The van der Waals surface area contributed by atoms with Gasteiger partial charge in [-0.25, -0.2) is 4.79 Å². The molecule has 0 radical (unpaired) electrons. The largest absolute Gasteiger partial charge is 0.477 e. The molecule has 92 valence electrons. The summed E-state index contributed by atoms with van der Waals surface area (Å²) in [6.07, 6.45) is 4.20. The van der Waals surface area contributed by atoms with Crippen LogP contribution < -0.4 is 0 Å². The van der Waals surface area contributed by atoms with Crippen molar-refractivity contribution in [3.8, 4) is 0 Å². The summed E-state index contributed by atoms with van der Waals surface area (Å²) >= 11 is 1.41. The maximum atomic E-state index is 10.8. The molecule has 17 heavy (non-hydrogen) atoms. The second-order valence-corrected chi connectivity index (χ2v) is 6.38. The number of hydrogen-bond acceptors (Lipinski definition) is 3. The van der Waals surface area contributed by atoms with Gasteiger partial charge in [0.2, 0.25) is 0 Å². The van der Waals surface area contributed by atoms with Crippen LogP contribution in [0.2, 0.25) is 0 Å². The fourth-order valence-electron chi connectivity index (χ4n) is 3.26. The molecule has 0 aromatic carbocycles. The van der Waals surface area contributed by atoms with Gasteiger partial charge in [-0.15, -0.1) is 11.3 Å². The topological polar surface area (TPSA) is 40.5 Å². The Morgan fingerprint density at radius 1 is 1.35 bits per heavy atom. The summed E-state index contributed by atoms with van der Waals surface area (Å²) in [7, 11) is 0. The zero-order valence-electron chi connectivity index (χ0n) is 9.76. The zero-order valence-corrected chi connectivity index (χ0v) is 10.6. The van der Waals surface area contributed by atoms with Crippen LogP contribution in [0.5, 0.6) is 0 Å². The van der Waals surface area contributed by atoms with E-state index in [-0.39, 0.29) is 0 Å². The van der Waals surface area contributed by atoms with Crippen LogP contribution in [0.15, 0.2) is 12.1 Å². The highest BCUT2D eigenvalue weighted by Gasteiger charge is 2.35. The van der Waals surface area contributed by atoms with Crippen molar-refractivity contribution in [2.75, 3.05) is 13.1 Å². The molecular formula is C13H17NO2S. The van der Waals surface area contributed by atoms with Crippen LogP contribution >= 0.6 is 11.3 Å². The van der Waals surface area contributed by atoms with Crippen LogP contribution in [0.3, 0.4) is 0 Å². The highest BCUT2D eigenvalue weighted by Crippen LogP contribution is 2.38. The Morgan fingerprint density at radius 2 is 2.06 bits per heavy atom. The van der Waals surface area contributed by atoms with Gasteiger partial charge in [0.05, 0.1) is 0 Å². The van der Waals surface area contributed by atoms with E-state index in [0.717, 1.165) is 18.4 Å². The monoisotopic (exact) mass is 251 g/mol. The van der Waals surface area contributed by atoms with E-state index in [2.05, 4.69) is 4.90 Å². The third-order valence-electron chi connectivity index (χ3n) is 4.05. The van der Waals surface area contributed by atoms with E-state index < -0.39 is 5.97 Å². The molecule has 1 aromatic rings. The van der Waals surface area contributed by atoms with Crippen molar-refractivity contribution in [3.63, 3.8) is 0 Å². The van der Waals surface area contributed by atoms with E-state index in [1.807, 2.05) is 6.07 Å². The van der Waals surface area contributed by atoms with Crippen LogP contribution in [-0.4, -0.2) is 29.1 Å². The molecule has 0 amide bonds. The SMILES string of the molecule is O=C(O)c1ccc(CN2CC3CCCC3C2)s1. The smallest absolute Gasteiger partial charge is 0.345 e. The van der Waals surface area contributed by atoms with E-state index in [0.29, 0.717) is 4.88 Å². The first-order chi connectivity index (χ1) is 8.22. The Balaban J connectivity index is 1.61. The van der Waals surface area contributed by atoms with Gasteiger partial charge in [-0.05, 0) is 36.8 Å². The summed E-state index contributed by atoms with van der Waals surface area (Å²) in [6.45, 7) is 3.36. The minimum absolute atomic E-state index is 0.458. The molecule has 0 spiro atoms. The number of carbonyl (C=O) groups is 1. The van der Waals surface area contributed by atoms with Crippen molar-refractivity contribution in [2.24, 2.45) is 11.8 Å². The van der Waals surface area contributed by atoms with Crippen molar-refractivity contribution < 1.29 is 9.90 Å². The van der Waals surface area contributed by atoms with Gasteiger partial charge in [0.15, 0.2) is 0 Å². The van der Waals surface area contributed by atoms with Gasteiger partial charge in [-0.3, -0.25) is 4.90 Å². The Bertz CT molecular complexity index is 417. The highest BCUT2D eigenvalue weighted by molar-refractivity contribution is 7.13. The Kier molecular flexibility index (Phi) is 2.92. The molecule has 1 aromatic heterocycles. The minimum atomic E-state index is -0.806. The average Bonchev–Trinajstić information content (AvgIpc) is 2.91.